The first-order valence-corrected chi connectivity index (χ1v) is 22.9. The van der Waals surface area contributed by atoms with Gasteiger partial charge < -0.3 is 32.9 Å². The Morgan fingerprint density at radius 2 is 0.937 bits per heavy atom. The lowest BCUT2D eigenvalue weighted by Crippen LogP contribution is -2.26. The van der Waals surface area contributed by atoms with Gasteiger partial charge in [0.2, 0.25) is 0 Å². The largest absolute Gasteiger partial charge is 0.491 e. The molecule has 3 aliphatic rings. The first-order chi connectivity index (χ1) is 31.0. The van der Waals surface area contributed by atoms with E-state index in [2.05, 4.69) is 48.5 Å². The molecular formula is C54H43O8P. The molecule has 2 fully saturated rings. The zero-order chi connectivity index (χ0) is 42.2. The van der Waals surface area contributed by atoms with Gasteiger partial charge in [-0.1, -0.05) is 109 Å². The van der Waals surface area contributed by atoms with E-state index in [0.29, 0.717) is 52.6 Å². The summed E-state index contributed by atoms with van der Waals surface area (Å²) in [4.78, 5) is 0. The minimum Gasteiger partial charge on any atom is -0.491 e. The molecule has 0 amide bonds. The van der Waals surface area contributed by atoms with Gasteiger partial charge in [-0.15, -0.1) is 0 Å². The standard InChI is InChI=1S/C54H43O8P/c55-63(52-12-6-4-9-48(52)46-7-3-5-11-50(46)62-63)53-31-51(60-42-25-17-38(18-26-42)29-36-13-21-40(22-14-36)56-32-44-34-58-44)47-8-1-2-10-49(47)54(53)61-43-27-19-39(20-28-43)30-37-15-23-41(24-16-37)57-33-45-35-59-45/h1-28,31,44-45H,29-30,32-35H2. The molecule has 8 aromatic carbocycles. The highest BCUT2D eigenvalue weighted by molar-refractivity contribution is 7.75. The molecule has 0 N–H and O–H groups in total. The topological polar surface area (TPSA) is 88.3 Å². The molecule has 8 nitrogen and oxygen atoms in total. The van der Waals surface area contributed by atoms with Gasteiger partial charge >= 0.3 is 7.37 Å². The van der Waals surface area contributed by atoms with E-state index < -0.39 is 7.37 Å². The van der Waals surface area contributed by atoms with Gasteiger partial charge in [-0.05, 0) is 107 Å². The third-order valence-electron chi connectivity index (χ3n) is 11.5. The molecule has 0 saturated carbocycles. The van der Waals surface area contributed by atoms with Crippen molar-refractivity contribution in [2.75, 3.05) is 26.4 Å². The number of fused-ring (bicyclic) bond motifs is 4. The molecule has 0 spiro atoms. The minimum atomic E-state index is -3.86. The number of hydrogen-bond acceptors (Lipinski definition) is 8. The number of hydrogen-bond donors (Lipinski definition) is 0. The summed E-state index contributed by atoms with van der Waals surface area (Å²) in [5.74, 6) is 4.46. The van der Waals surface area contributed by atoms with Crippen molar-refractivity contribution in [1.82, 2.24) is 0 Å². The van der Waals surface area contributed by atoms with Crippen LogP contribution in [0, 0.1) is 0 Å². The first-order valence-electron chi connectivity index (χ1n) is 21.3. The monoisotopic (exact) mass is 850 g/mol. The van der Waals surface area contributed by atoms with Crippen LogP contribution in [0.5, 0.6) is 40.2 Å². The Balaban J connectivity index is 0.912. The van der Waals surface area contributed by atoms with Gasteiger partial charge in [-0.3, -0.25) is 4.57 Å². The van der Waals surface area contributed by atoms with Crippen molar-refractivity contribution >= 4 is 28.8 Å². The van der Waals surface area contributed by atoms with Crippen LogP contribution in [-0.4, -0.2) is 38.6 Å². The average Bonchev–Trinajstić information content (AvgIpc) is 4.28. The number of ether oxygens (including phenoxy) is 6. The molecule has 3 heterocycles. The van der Waals surface area contributed by atoms with E-state index in [1.54, 1.807) is 0 Å². The highest BCUT2D eigenvalue weighted by atomic mass is 31.2. The molecule has 3 atom stereocenters. The molecule has 11 rings (SSSR count). The molecule has 0 radical (unpaired) electrons. The maximum atomic E-state index is 16.0. The summed E-state index contributed by atoms with van der Waals surface area (Å²) in [6, 6.07) is 57.7. The van der Waals surface area contributed by atoms with E-state index in [-0.39, 0.29) is 12.2 Å². The SMILES string of the molecule is O=P1(c2cc(Oc3ccc(Cc4ccc(OCC5CO5)cc4)cc3)c3ccccc3c2Oc2ccc(Cc3ccc(OCC4CO4)cc3)cc2)Oc2ccccc2-c2ccccc21. The van der Waals surface area contributed by atoms with Gasteiger partial charge in [0.1, 0.15) is 65.7 Å². The molecular weight excluding hydrogens is 808 g/mol. The lowest BCUT2D eigenvalue weighted by atomic mass is 10.0. The van der Waals surface area contributed by atoms with Gasteiger partial charge in [-0.25, -0.2) is 0 Å². The van der Waals surface area contributed by atoms with Crippen LogP contribution in [0.1, 0.15) is 22.3 Å². The minimum absolute atomic E-state index is 0.216. The summed E-state index contributed by atoms with van der Waals surface area (Å²) >= 11 is 0. The fourth-order valence-corrected chi connectivity index (χ4v) is 10.4. The third kappa shape index (κ3) is 8.54. The number of para-hydroxylation sites is 1. The number of benzene rings is 8. The van der Waals surface area contributed by atoms with E-state index in [4.69, 9.17) is 32.9 Å². The van der Waals surface area contributed by atoms with E-state index in [1.807, 2.05) is 127 Å². The van der Waals surface area contributed by atoms with Gasteiger partial charge in [0.05, 0.1) is 23.8 Å². The Labute approximate surface area is 366 Å². The van der Waals surface area contributed by atoms with E-state index in [0.717, 1.165) is 70.6 Å². The van der Waals surface area contributed by atoms with Crippen LogP contribution < -0.4 is 34.1 Å². The molecule has 0 bridgehead atoms. The van der Waals surface area contributed by atoms with Crippen molar-refractivity contribution in [3.8, 4) is 51.4 Å². The smallest absolute Gasteiger partial charge is 0.311 e. The Morgan fingerprint density at radius 1 is 0.476 bits per heavy atom. The molecule has 3 unspecified atom stereocenters. The van der Waals surface area contributed by atoms with Gasteiger partial charge in [0.25, 0.3) is 0 Å². The summed E-state index contributed by atoms with van der Waals surface area (Å²) in [7, 11) is -3.86. The Bertz CT molecular complexity index is 2960. The van der Waals surface area contributed by atoms with Crippen LogP contribution in [-0.2, 0) is 26.9 Å². The maximum absolute atomic E-state index is 16.0. The second kappa shape index (κ2) is 16.8. The third-order valence-corrected chi connectivity index (χ3v) is 14.0. The first kappa shape index (κ1) is 39.0. The molecule has 312 valence electrons. The molecule has 9 heteroatoms. The maximum Gasteiger partial charge on any atom is 0.311 e. The van der Waals surface area contributed by atoms with Crippen molar-refractivity contribution in [3.63, 3.8) is 0 Å². The fraction of sp³-hybridized carbons (Fsp3) is 0.148. The summed E-state index contributed by atoms with van der Waals surface area (Å²) in [6.07, 6.45) is 1.93. The second-order valence-electron chi connectivity index (χ2n) is 16.1. The molecule has 0 aliphatic carbocycles. The zero-order valence-corrected chi connectivity index (χ0v) is 35.2. The highest BCUT2D eigenvalue weighted by Gasteiger charge is 2.41. The van der Waals surface area contributed by atoms with Crippen molar-refractivity contribution < 1.29 is 37.5 Å². The summed E-state index contributed by atoms with van der Waals surface area (Å²) in [6.45, 7) is 2.70. The predicted octanol–water partition coefficient (Wildman–Crippen LogP) is 11.4. The van der Waals surface area contributed by atoms with Crippen LogP contribution in [0.2, 0.25) is 0 Å². The van der Waals surface area contributed by atoms with E-state index in [1.165, 1.54) is 11.1 Å². The van der Waals surface area contributed by atoms with Crippen LogP contribution in [0.25, 0.3) is 21.9 Å². The number of rotatable bonds is 15. The van der Waals surface area contributed by atoms with Crippen molar-refractivity contribution in [3.05, 3.63) is 198 Å². The van der Waals surface area contributed by atoms with Gasteiger partial charge in [-0.2, -0.15) is 0 Å². The van der Waals surface area contributed by atoms with E-state index >= 15 is 4.57 Å². The molecule has 2 saturated heterocycles. The van der Waals surface area contributed by atoms with Crippen LogP contribution in [0.3, 0.4) is 0 Å². The molecule has 3 aliphatic heterocycles. The van der Waals surface area contributed by atoms with Crippen LogP contribution >= 0.6 is 7.37 Å². The normalized spacial score (nSPS) is 18.1. The van der Waals surface area contributed by atoms with Crippen molar-refractivity contribution in [2.45, 2.75) is 25.0 Å². The number of epoxide rings is 2. The highest BCUT2D eigenvalue weighted by Crippen LogP contribution is 2.57. The lowest BCUT2D eigenvalue weighted by molar-refractivity contribution is 0.263. The fourth-order valence-electron chi connectivity index (χ4n) is 7.99. The summed E-state index contributed by atoms with van der Waals surface area (Å²) in [5, 5.41) is 2.56. The van der Waals surface area contributed by atoms with Crippen LogP contribution in [0.15, 0.2) is 176 Å². The Kier molecular flexibility index (Phi) is 10.4. The molecule has 8 aromatic rings. The molecule has 0 aromatic heterocycles. The van der Waals surface area contributed by atoms with Gasteiger partial charge in [0, 0.05) is 16.3 Å². The quantitative estimate of drug-likeness (QED) is 0.0744. The summed E-state index contributed by atoms with van der Waals surface area (Å²) < 4.78 is 58.4. The molecule has 63 heavy (non-hydrogen) atoms. The van der Waals surface area contributed by atoms with Crippen molar-refractivity contribution in [2.24, 2.45) is 0 Å². The predicted molar refractivity (Wildman–Crippen MR) is 245 cm³/mol. The Hall–Kier alpha value is -6.83. The zero-order valence-electron chi connectivity index (χ0n) is 34.4. The second-order valence-corrected chi connectivity index (χ2v) is 18.3. The van der Waals surface area contributed by atoms with Crippen LogP contribution in [0.4, 0.5) is 0 Å². The van der Waals surface area contributed by atoms with Crippen molar-refractivity contribution in [1.29, 1.82) is 0 Å². The lowest BCUT2D eigenvalue weighted by Gasteiger charge is -2.30. The van der Waals surface area contributed by atoms with E-state index in [9.17, 15) is 0 Å². The summed E-state index contributed by atoms with van der Waals surface area (Å²) in [5.41, 5.74) is 6.35. The average molecular weight is 851 g/mol. The Morgan fingerprint density at radius 3 is 1.49 bits per heavy atom. The van der Waals surface area contributed by atoms with Gasteiger partial charge in [0.15, 0.2) is 0 Å².